The number of aromatic nitrogens is 1. The van der Waals surface area contributed by atoms with Crippen molar-refractivity contribution in [1.82, 2.24) is 9.88 Å². The van der Waals surface area contributed by atoms with Crippen molar-refractivity contribution < 1.29 is 14.3 Å². The van der Waals surface area contributed by atoms with Crippen LogP contribution >= 0.6 is 0 Å². The van der Waals surface area contributed by atoms with Crippen molar-refractivity contribution in [3.05, 3.63) is 30.1 Å². The van der Waals surface area contributed by atoms with Crippen molar-refractivity contribution in [2.24, 2.45) is 0 Å². The van der Waals surface area contributed by atoms with Gasteiger partial charge in [0.2, 0.25) is 5.91 Å². The number of hydrogen-bond acceptors (Lipinski definition) is 4. The largest absolute Gasteiger partial charge is 0.378 e. The van der Waals surface area contributed by atoms with E-state index in [1.807, 2.05) is 17.0 Å². The van der Waals surface area contributed by atoms with Crippen molar-refractivity contribution in [1.29, 1.82) is 0 Å². The highest BCUT2D eigenvalue weighted by molar-refractivity contribution is 5.77. The number of amides is 1. The van der Waals surface area contributed by atoms with E-state index >= 15 is 0 Å². The molecule has 2 fully saturated rings. The van der Waals surface area contributed by atoms with Crippen LogP contribution in [0.5, 0.6) is 0 Å². The van der Waals surface area contributed by atoms with Crippen LogP contribution in [0.15, 0.2) is 24.5 Å². The van der Waals surface area contributed by atoms with Gasteiger partial charge in [0.1, 0.15) is 0 Å². The summed E-state index contributed by atoms with van der Waals surface area (Å²) in [5.74, 6) is 0.187. The summed E-state index contributed by atoms with van der Waals surface area (Å²) in [6.45, 7) is 2.78. The Balaban J connectivity index is 1.44. The molecule has 2 aliphatic rings. The fourth-order valence-corrected chi connectivity index (χ4v) is 3.29. The van der Waals surface area contributed by atoms with E-state index in [1.54, 1.807) is 12.4 Å². The lowest BCUT2D eigenvalue weighted by Gasteiger charge is -2.25. The Morgan fingerprint density at radius 1 is 1.32 bits per heavy atom. The van der Waals surface area contributed by atoms with Crippen LogP contribution in [0.25, 0.3) is 0 Å². The second-order valence-electron chi connectivity index (χ2n) is 5.99. The van der Waals surface area contributed by atoms with Crippen molar-refractivity contribution in [2.75, 3.05) is 26.4 Å². The summed E-state index contributed by atoms with van der Waals surface area (Å²) in [5, 5.41) is 0. The van der Waals surface area contributed by atoms with Gasteiger partial charge < -0.3 is 14.4 Å². The van der Waals surface area contributed by atoms with E-state index in [0.717, 1.165) is 38.8 Å². The minimum absolute atomic E-state index is 0.187. The maximum atomic E-state index is 12.4. The Bertz CT molecular complexity index is 474. The Hall–Kier alpha value is -1.46. The minimum atomic E-state index is 0.187. The summed E-state index contributed by atoms with van der Waals surface area (Å²) in [4.78, 5) is 18.5. The SMILES string of the molecule is O=C(CCOCC1CCCO1)N1CCCC1c1ccncc1. The van der Waals surface area contributed by atoms with Gasteiger partial charge in [0, 0.05) is 25.5 Å². The Morgan fingerprint density at radius 3 is 2.95 bits per heavy atom. The summed E-state index contributed by atoms with van der Waals surface area (Å²) in [6, 6.07) is 4.21. The highest BCUT2D eigenvalue weighted by atomic mass is 16.5. The van der Waals surface area contributed by atoms with Gasteiger partial charge >= 0.3 is 0 Å². The molecule has 22 heavy (non-hydrogen) atoms. The standard InChI is InChI=1S/C17H24N2O3/c20-17(7-12-21-13-15-3-2-11-22-15)19-10-1-4-16(19)14-5-8-18-9-6-14/h5-6,8-9,15-16H,1-4,7,10-13H2. The van der Waals surface area contributed by atoms with Gasteiger partial charge in [-0.05, 0) is 43.4 Å². The van der Waals surface area contributed by atoms with Crippen LogP contribution in [0, 0.1) is 0 Å². The second-order valence-corrected chi connectivity index (χ2v) is 5.99. The van der Waals surface area contributed by atoms with Crippen LogP contribution < -0.4 is 0 Å². The predicted octanol–water partition coefficient (Wildman–Crippen LogP) is 2.33. The first-order valence-corrected chi connectivity index (χ1v) is 8.23. The van der Waals surface area contributed by atoms with Crippen LogP contribution in [0.2, 0.25) is 0 Å². The van der Waals surface area contributed by atoms with Crippen molar-refractivity contribution in [2.45, 2.75) is 44.2 Å². The monoisotopic (exact) mass is 304 g/mol. The van der Waals surface area contributed by atoms with Crippen LogP contribution in [0.4, 0.5) is 0 Å². The quantitative estimate of drug-likeness (QED) is 0.757. The van der Waals surface area contributed by atoms with Gasteiger partial charge in [-0.2, -0.15) is 0 Å². The summed E-state index contributed by atoms with van der Waals surface area (Å²) in [6.07, 6.45) is 8.56. The van der Waals surface area contributed by atoms with Crippen LogP contribution in [0.3, 0.4) is 0 Å². The molecule has 0 aromatic carbocycles. The summed E-state index contributed by atoms with van der Waals surface area (Å²) >= 11 is 0. The summed E-state index contributed by atoms with van der Waals surface area (Å²) in [5.41, 5.74) is 1.18. The third-order valence-electron chi connectivity index (χ3n) is 4.45. The average molecular weight is 304 g/mol. The van der Waals surface area contributed by atoms with Crippen LogP contribution in [-0.2, 0) is 14.3 Å². The fourth-order valence-electron chi connectivity index (χ4n) is 3.29. The van der Waals surface area contributed by atoms with Crippen molar-refractivity contribution in [3.63, 3.8) is 0 Å². The molecular weight excluding hydrogens is 280 g/mol. The normalized spacial score (nSPS) is 24.8. The zero-order valence-electron chi connectivity index (χ0n) is 12.9. The van der Waals surface area contributed by atoms with E-state index in [2.05, 4.69) is 4.98 Å². The molecule has 5 nitrogen and oxygen atoms in total. The van der Waals surface area contributed by atoms with Gasteiger partial charge in [-0.1, -0.05) is 0 Å². The third kappa shape index (κ3) is 3.84. The summed E-state index contributed by atoms with van der Waals surface area (Å²) in [7, 11) is 0. The fraction of sp³-hybridized carbons (Fsp3) is 0.647. The van der Waals surface area contributed by atoms with Gasteiger partial charge in [-0.15, -0.1) is 0 Å². The number of ether oxygens (including phenoxy) is 2. The average Bonchev–Trinajstić information content (AvgIpc) is 3.23. The number of hydrogen-bond donors (Lipinski definition) is 0. The van der Waals surface area contributed by atoms with E-state index in [-0.39, 0.29) is 18.1 Å². The summed E-state index contributed by atoms with van der Waals surface area (Å²) < 4.78 is 11.1. The molecule has 1 aromatic heterocycles. The Labute approximate surface area is 131 Å². The lowest BCUT2D eigenvalue weighted by Crippen LogP contribution is -2.31. The highest BCUT2D eigenvalue weighted by Gasteiger charge is 2.29. The highest BCUT2D eigenvalue weighted by Crippen LogP contribution is 2.31. The lowest BCUT2D eigenvalue weighted by molar-refractivity contribution is -0.133. The number of likely N-dealkylation sites (tertiary alicyclic amines) is 1. The first-order valence-electron chi connectivity index (χ1n) is 8.23. The molecular formula is C17H24N2O3. The van der Waals surface area contributed by atoms with Gasteiger partial charge in [-0.25, -0.2) is 0 Å². The predicted molar refractivity (Wildman–Crippen MR) is 82.3 cm³/mol. The molecule has 2 unspecified atom stereocenters. The molecule has 120 valence electrons. The molecule has 0 radical (unpaired) electrons. The first kappa shape index (κ1) is 15.4. The van der Waals surface area contributed by atoms with E-state index in [4.69, 9.17) is 9.47 Å². The molecule has 3 rings (SSSR count). The third-order valence-corrected chi connectivity index (χ3v) is 4.45. The molecule has 0 spiro atoms. The maximum Gasteiger partial charge on any atom is 0.225 e. The zero-order valence-corrected chi connectivity index (χ0v) is 12.9. The lowest BCUT2D eigenvalue weighted by atomic mass is 10.1. The van der Waals surface area contributed by atoms with Crippen molar-refractivity contribution >= 4 is 5.91 Å². The van der Waals surface area contributed by atoms with Gasteiger partial charge in [-0.3, -0.25) is 9.78 Å². The van der Waals surface area contributed by atoms with E-state index in [9.17, 15) is 4.79 Å². The van der Waals surface area contributed by atoms with Gasteiger partial charge in [0.05, 0.1) is 31.8 Å². The number of nitrogens with zero attached hydrogens (tertiary/aromatic N) is 2. The second kappa shape index (κ2) is 7.70. The maximum absolute atomic E-state index is 12.4. The first-order chi connectivity index (χ1) is 10.8. The van der Waals surface area contributed by atoms with Gasteiger partial charge in [0.25, 0.3) is 0 Å². The van der Waals surface area contributed by atoms with E-state index in [1.165, 1.54) is 5.56 Å². The topological polar surface area (TPSA) is 51.7 Å². The molecule has 0 bridgehead atoms. The number of carbonyl (C=O) groups is 1. The van der Waals surface area contributed by atoms with E-state index in [0.29, 0.717) is 19.6 Å². The number of rotatable bonds is 6. The molecule has 2 aliphatic heterocycles. The molecule has 3 heterocycles. The molecule has 1 aromatic rings. The number of carbonyl (C=O) groups excluding carboxylic acids is 1. The molecule has 2 saturated heterocycles. The number of pyridine rings is 1. The van der Waals surface area contributed by atoms with Crippen molar-refractivity contribution in [3.8, 4) is 0 Å². The van der Waals surface area contributed by atoms with Gasteiger partial charge in [0.15, 0.2) is 0 Å². The molecule has 0 saturated carbocycles. The van der Waals surface area contributed by atoms with E-state index < -0.39 is 0 Å². The molecule has 2 atom stereocenters. The molecule has 0 N–H and O–H groups in total. The Kier molecular flexibility index (Phi) is 5.40. The minimum Gasteiger partial charge on any atom is -0.378 e. The molecule has 0 aliphatic carbocycles. The molecule has 1 amide bonds. The van der Waals surface area contributed by atoms with Crippen LogP contribution in [-0.4, -0.2) is 48.3 Å². The smallest absolute Gasteiger partial charge is 0.225 e. The molecule has 5 heteroatoms. The zero-order chi connectivity index (χ0) is 15.2. The Morgan fingerprint density at radius 2 is 2.18 bits per heavy atom. The van der Waals surface area contributed by atoms with Crippen LogP contribution in [0.1, 0.15) is 43.7 Å².